The van der Waals surface area contributed by atoms with Crippen molar-refractivity contribution in [3.8, 4) is 5.75 Å². The van der Waals surface area contributed by atoms with Crippen LogP contribution in [0.5, 0.6) is 5.75 Å². The monoisotopic (exact) mass is 263 g/mol. The van der Waals surface area contributed by atoms with E-state index in [2.05, 4.69) is 31.3 Å². The normalized spacial score (nSPS) is 22.7. The van der Waals surface area contributed by atoms with Crippen LogP contribution in [0.2, 0.25) is 0 Å². The van der Waals surface area contributed by atoms with Crippen LogP contribution in [0.4, 0.5) is 0 Å². The molecular weight excluding hydrogens is 238 g/mol. The molecule has 1 fully saturated rings. The number of ether oxygens (including phenoxy) is 2. The largest absolute Gasteiger partial charge is 0.496 e. The van der Waals surface area contributed by atoms with Gasteiger partial charge in [0.25, 0.3) is 0 Å². The zero-order valence-electron chi connectivity index (χ0n) is 12.2. The van der Waals surface area contributed by atoms with Gasteiger partial charge < -0.3 is 14.8 Å². The molecule has 1 aliphatic rings. The molecule has 19 heavy (non-hydrogen) atoms. The number of rotatable bonds is 6. The fourth-order valence-corrected chi connectivity index (χ4v) is 2.83. The van der Waals surface area contributed by atoms with Crippen LogP contribution in [0.1, 0.15) is 30.9 Å². The first-order valence-corrected chi connectivity index (χ1v) is 7.20. The summed E-state index contributed by atoms with van der Waals surface area (Å²) >= 11 is 0. The third kappa shape index (κ3) is 3.71. The molecule has 3 heteroatoms. The Morgan fingerprint density at radius 1 is 1.42 bits per heavy atom. The number of hydrogen-bond acceptors (Lipinski definition) is 3. The summed E-state index contributed by atoms with van der Waals surface area (Å²) in [5.41, 5.74) is 2.50. The first kappa shape index (κ1) is 14.4. The van der Waals surface area contributed by atoms with E-state index in [4.69, 9.17) is 9.47 Å². The summed E-state index contributed by atoms with van der Waals surface area (Å²) in [7, 11) is 1.71. The maximum atomic E-state index is 5.71. The molecule has 0 bridgehead atoms. The maximum absolute atomic E-state index is 5.71. The minimum atomic E-state index is 0.449. The van der Waals surface area contributed by atoms with Gasteiger partial charge in [-0.3, -0.25) is 0 Å². The van der Waals surface area contributed by atoms with Gasteiger partial charge in [0.05, 0.1) is 13.2 Å². The van der Waals surface area contributed by atoms with Crippen LogP contribution in [0, 0.1) is 12.8 Å². The van der Waals surface area contributed by atoms with Gasteiger partial charge >= 0.3 is 0 Å². The van der Waals surface area contributed by atoms with E-state index in [0.29, 0.717) is 12.0 Å². The second kappa shape index (κ2) is 6.92. The Balaban J connectivity index is 1.81. The summed E-state index contributed by atoms with van der Waals surface area (Å²) in [5.74, 6) is 1.63. The molecular formula is C16H25NO2. The van der Waals surface area contributed by atoms with Crippen LogP contribution in [-0.2, 0) is 11.3 Å². The van der Waals surface area contributed by atoms with E-state index in [9.17, 15) is 0 Å². The average Bonchev–Trinajstić information content (AvgIpc) is 2.86. The van der Waals surface area contributed by atoms with E-state index < -0.39 is 0 Å². The third-order valence-electron chi connectivity index (χ3n) is 3.94. The summed E-state index contributed by atoms with van der Waals surface area (Å²) in [4.78, 5) is 0. The van der Waals surface area contributed by atoms with Crippen LogP contribution in [-0.4, -0.2) is 26.4 Å². The lowest BCUT2D eigenvalue weighted by atomic mass is 9.99. The van der Waals surface area contributed by atoms with E-state index >= 15 is 0 Å². The van der Waals surface area contributed by atoms with Gasteiger partial charge in [-0.25, -0.2) is 0 Å². The van der Waals surface area contributed by atoms with Crippen molar-refractivity contribution in [2.45, 2.75) is 39.3 Å². The molecule has 0 spiro atoms. The van der Waals surface area contributed by atoms with Crippen molar-refractivity contribution in [2.75, 3.05) is 20.3 Å². The average molecular weight is 263 g/mol. The van der Waals surface area contributed by atoms with Crippen LogP contribution >= 0.6 is 0 Å². The van der Waals surface area contributed by atoms with Gasteiger partial charge in [-0.2, -0.15) is 0 Å². The van der Waals surface area contributed by atoms with E-state index in [1.807, 2.05) is 6.07 Å². The molecule has 1 aromatic rings. The Morgan fingerprint density at radius 2 is 2.26 bits per heavy atom. The Bertz CT molecular complexity index is 406. The minimum absolute atomic E-state index is 0.449. The second-order valence-corrected chi connectivity index (χ2v) is 5.30. The van der Waals surface area contributed by atoms with Crippen LogP contribution in [0.15, 0.2) is 18.2 Å². The zero-order chi connectivity index (χ0) is 13.7. The fourth-order valence-electron chi connectivity index (χ4n) is 2.83. The lowest BCUT2D eigenvalue weighted by Crippen LogP contribution is -2.27. The molecule has 2 rings (SSSR count). The highest BCUT2D eigenvalue weighted by Crippen LogP contribution is 2.23. The van der Waals surface area contributed by atoms with Gasteiger partial charge in [0.1, 0.15) is 5.75 Å². The van der Waals surface area contributed by atoms with Crippen molar-refractivity contribution < 1.29 is 9.47 Å². The van der Waals surface area contributed by atoms with Crippen LogP contribution in [0.3, 0.4) is 0 Å². The van der Waals surface area contributed by atoms with Gasteiger partial charge in [-0.05, 0) is 42.9 Å². The molecule has 1 heterocycles. The smallest absolute Gasteiger partial charge is 0.121 e. The Morgan fingerprint density at radius 3 is 2.95 bits per heavy atom. The van der Waals surface area contributed by atoms with E-state index in [-0.39, 0.29) is 0 Å². The summed E-state index contributed by atoms with van der Waals surface area (Å²) in [6.07, 6.45) is 2.76. The summed E-state index contributed by atoms with van der Waals surface area (Å²) in [6.45, 7) is 7.17. The zero-order valence-corrected chi connectivity index (χ0v) is 12.2. The highest BCUT2D eigenvalue weighted by Gasteiger charge is 2.25. The van der Waals surface area contributed by atoms with Crippen LogP contribution < -0.4 is 10.1 Å². The predicted molar refractivity (Wildman–Crippen MR) is 77.6 cm³/mol. The lowest BCUT2D eigenvalue weighted by Gasteiger charge is -2.17. The molecule has 1 aliphatic heterocycles. The van der Waals surface area contributed by atoms with Crippen molar-refractivity contribution in [1.82, 2.24) is 5.32 Å². The quantitative estimate of drug-likeness (QED) is 0.856. The van der Waals surface area contributed by atoms with Gasteiger partial charge in [0, 0.05) is 19.7 Å². The van der Waals surface area contributed by atoms with Crippen molar-refractivity contribution >= 4 is 0 Å². The third-order valence-corrected chi connectivity index (χ3v) is 3.94. The molecule has 1 N–H and O–H groups in total. The number of nitrogens with one attached hydrogen (secondary N) is 1. The predicted octanol–water partition coefficient (Wildman–Crippen LogP) is 2.91. The molecule has 3 nitrogen and oxygen atoms in total. The summed E-state index contributed by atoms with van der Waals surface area (Å²) in [5, 5.41) is 3.55. The lowest BCUT2D eigenvalue weighted by molar-refractivity contribution is 0.0872. The molecule has 106 valence electrons. The Hall–Kier alpha value is -1.06. The first-order chi connectivity index (χ1) is 9.24. The molecule has 0 saturated carbocycles. The number of benzene rings is 1. The van der Waals surface area contributed by atoms with Crippen LogP contribution in [0.25, 0.3) is 0 Å². The molecule has 0 aliphatic carbocycles. The number of hydrogen-bond donors (Lipinski definition) is 1. The first-order valence-electron chi connectivity index (χ1n) is 7.20. The Labute approximate surface area is 116 Å². The molecule has 1 aromatic carbocycles. The Kier molecular flexibility index (Phi) is 5.23. The van der Waals surface area contributed by atoms with Gasteiger partial charge in [0.2, 0.25) is 0 Å². The SMILES string of the molecule is CCC1OCCC1CNCc1ccc(OC)c(C)c1. The fraction of sp³-hybridized carbons (Fsp3) is 0.625. The van der Waals surface area contributed by atoms with E-state index in [1.165, 1.54) is 17.5 Å². The highest BCUT2D eigenvalue weighted by molar-refractivity contribution is 5.36. The number of aryl methyl sites for hydroxylation is 1. The molecule has 0 amide bonds. The topological polar surface area (TPSA) is 30.5 Å². The molecule has 0 radical (unpaired) electrons. The van der Waals surface area contributed by atoms with Gasteiger partial charge in [-0.15, -0.1) is 0 Å². The number of methoxy groups -OCH3 is 1. The van der Waals surface area contributed by atoms with E-state index in [1.54, 1.807) is 7.11 Å². The van der Waals surface area contributed by atoms with Crippen molar-refractivity contribution in [2.24, 2.45) is 5.92 Å². The van der Waals surface area contributed by atoms with E-state index in [0.717, 1.165) is 31.9 Å². The summed E-state index contributed by atoms with van der Waals surface area (Å²) in [6, 6.07) is 6.36. The highest BCUT2D eigenvalue weighted by atomic mass is 16.5. The van der Waals surface area contributed by atoms with Crippen molar-refractivity contribution in [3.63, 3.8) is 0 Å². The molecule has 0 aromatic heterocycles. The summed E-state index contributed by atoms with van der Waals surface area (Å²) < 4.78 is 11.0. The van der Waals surface area contributed by atoms with Crippen molar-refractivity contribution in [1.29, 1.82) is 0 Å². The molecule has 2 atom stereocenters. The minimum Gasteiger partial charge on any atom is -0.496 e. The maximum Gasteiger partial charge on any atom is 0.121 e. The van der Waals surface area contributed by atoms with Gasteiger partial charge in [0.15, 0.2) is 0 Å². The standard InChI is InChI=1S/C16H25NO2/c1-4-15-14(7-8-19-15)11-17-10-13-5-6-16(18-3)12(2)9-13/h5-6,9,14-15,17H,4,7-8,10-11H2,1-3H3. The van der Waals surface area contributed by atoms with Gasteiger partial charge in [-0.1, -0.05) is 19.1 Å². The van der Waals surface area contributed by atoms with Crippen molar-refractivity contribution in [3.05, 3.63) is 29.3 Å². The second-order valence-electron chi connectivity index (χ2n) is 5.30. The molecule has 1 saturated heterocycles. The molecule has 2 unspecified atom stereocenters.